The molecule has 6 heteroatoms. The van der Waals surface area contributed by atoms with Crippen molar-refractivity contribution in [1.29, 1.82) is 0 Å². The van der Waals surface area contributed by atoms with E-state index < -0.39 is 6.10 Å². The number of benzene rings is 2. The first kappa shape index (κ1) is 20.2. The number of aryl methyl sites for hydroxylation is 1. The molecule has 1 heterocycles. The van der Waals surface area contributed by atoms with E-state index in [1.165, 1.54) is 23.4 Å². The lowest BCUT2D eigenvalue weighted by molar-refractivity contribution is -0.121. The lowest BCUT2D eigenvalue weighted by Gasteiger charge is -2.36. The van der Waals surface area contributed by atoms with Gasteiger partial charge >= 0.3 is 0 Å². The average Bonchev–Trinajstić information content (AvgIpc) is 2.71. The molecule has 0 bridgehead atoms. The zero-order valence-corrected chi connectivity index (χ0v) is 16.3. The van der Waals surface area contributed by atoms with Crippen LogP contribution >= 0.6 is 0 Å². The Hall–Kier alpha value is -2.57. The van der Waals surface area contributed by atoms with Crippen LogP contribution in [-0.2, 0) is 4.79 Å². The summed E-state index contributed by atoms with van der Waals surface area (Å²) < 4.78 is 0. The molecule has 0 spiro atoms. The minimum absolute atomic E-state index is 0.0565. The van der Waals surface area contributed by atoms with Crippen LogP contribution in [0.5, 0.6) is 5.75 Å². The Morgan fingerprint density at radius 2 is 1.82 bits per heavy atom. The van der Waals surface area contributed by atoms with E-state index in [2.05, 4.69) is 46.3 Å². The fourth-order valence-corrected chi connectivity index (χ4v) is 3.43. The summed E-state index contributed by atoms with van der Waals surface area (Å²) in [7, 11) is 0. The Labute approximate surface area is 166 Å². The summed E-state index contributed by atoms with van der Waals surface area (Å²) in [5, 5.41) is 22.2. The van der Waals surface area contributed by atoms with Gasteiger partial charge in [-0.15, -0.1) is 0 Å². The van der Waals surface area contributed by atoms with Gasteiger partial charge in [-0.2, -0.15) is 0 Å². The zero-order chi connectivity index (χ0) is 19.9. The molecule has 150 valence electrons. The van der Waals surface area contributed by atoms with Gasteiger partial charge < -0.3 is 20.4 Å². The molecule has 3 N–H and O–H groups in total. The van der Waals surface area contributed by atoms with Crippen LogP contribution in [-0.4, -0.2) is 60.3 Å². The second-order valence-electron chi connectivity index (χ2n) is 7.33. The van der Waals surface area contributed by atoms with Crippen molar-refractivity contribution in [1.82, 2.24) is 10.2 Å². The van der Waals surface area contributed by atoms with Crippen LogP contribution in [0.15, 0.2) is 48.5 Å². The van der Waals surface area contributed by atoms with Crippen molar-refractivity contribution in [3.63, 3.8) is 0 Å². The Morgan fingerprint density at radius 1 is 1.11 bits per heavy atom. The Bertz CT molecular complexity index is 771. The molecular formula is C22H29N3O3. The molecule has 1 aliphatic rings. The van der Waals surface area contributed by atoms with Gasteiger partial charge in [0.1, 0.15) is 5.75 Å². The predicted octanol–water partition coefficient (Wildman–Crippen LogP) is 2.06. The van der Waals surface area contributed by atoms with Gasteiger partial charge in [-0.25, -0.2) is 0 Å². The molecule has 2 aromatic rings. The number of phenols is 1. The molecule has 0 unspecified atom stereocenters. The van der Waals surface area contributed by atoms with E-state index >= 15 is 0 Å². The summed E-state index contributed by atoms with van der Waals surface area (Å²) >= 11 is 0. The summed E-state index contributed by atoms with van der Waals surface area (Å²) in [6, 6.07) is 14.9. The SMILES string of the molecule is Cc1cccc(N2CCN(CCC(=O)NC[C@H](O)c3ccc(O)cc3)CC2)c1. The molecule has 1 aliphatic heterocycles. The van der Waals surface area contributed by atoms with E-state index in [0.29, 0.717) is 12.0 Å². The molecule has 28 heavy (non-hydrogen) atoms. The quantitative estimate of drug-likeness (QED) is 0.682. The number of aromatic hydroxyl groups is 1. The first-order chi connectivity index (χ1) is 13.5. The number of amides is 1. The molecule has 3 rings (SSSR count). The number of nitrogens with zero attached hydrogens (tertiary/aromatic N) is 2. The lowest BCUT2D eigenvalue weighted by Crippen LogP contribution is -2.47. The maximum Gasteiger partial charge on any atom is 0.221 e. The average molecular weight is 383 g/mol. The third-order valence-corrected chi connectivity index (χ3v) is 5.16. The van der Waals surface area contributed by atoms with Gasteiger partial charge in [-0.3, -0.25) is 9.69 Å². The number of piperazine rings is 1. The fourth-order valence-electron chi connectivity index (χ4n) is 3.43. The molecule has 0 saturated carbocycles. The van der Waals surface area contributed by atoms with E-state index in [-0.39, 0.29) is 18.2 Å². The molecule has 0 aromatic heterocycles. The number of rotatable bonds is 7. The lowest BCUT2D eigenvalue weighted by atomic mass is 10.1. The third-order valence-electron chi connectivity index (χ3n) is 5.16. The number of carbonyl (C=O) groups is 1. The fraction of sp³-hybridized carbons (Fsp3) is 0.409. The van der Waals surface area contributed by atoms with Crippen LogP contribution in [0.4, 0.5) is 5.69 Å². The smallest absolute Gasteiger partial charge is 0.221 e. The van der Waals surface area contributed by atoms with Gasteiger partial charge in [0.15, 0.2) is 0 Å². The number of nitrogens with one attached hydrogen (secondary N) is 1. The Balaban J connectivity index is 1.35. The highest BCUT2D eigenvalue weighted by atomic mass is 16.3. The minimum Gasteiger partial charge on any atom is -0.508 e. The molecule has 1 amide bonds. The van der Waals surface area contributed by atoms with Gasteiger partial charge in [0.25, 0.3) is 0 Å². The molecule has 6 nitrogen and oxygen atoms in total. The molecule has 1 atom stereocenters. The number of aliphatic hydroxyl groups excluding tert-OH is 1. The van der Waals surface area contributed by atoms with E-state index in [1.54, 1.807) is 12.1 Å². The normalized spacial score (nSPS) is 16.0. The molecule has 0 radical (unpaired) electrons. The predicted molar refractivity (Wildman–Crippen MR) is 111 cm³/mol. The number of anilines is 1. The van der Waals surface area contributed by atoms with Gasteiger partial charge in [0.05, 0.1) is 6.10 Å². The largest absolute Gasteiger partial charge is 0.508 e. The topological polar surface area (TPSA) is 76.0 Å². The van der Waals surface area contributed by atoms with Crippen LogP contribution in [0.1, 0.15) is 23.7 Å². The summed E-state index contributed by atoms with van der Waals surface area (Å²) in [6.45, 7) is 6.81. The summed E-state index contributed by atoms with van der Waals surface area (Å²) in [5.41, 5.74) is 3.21. The number of hydrogen-bond donors (Lipinski definition) is 3. The van der Waals surface area contributed by atoms with Crippen molar-refractivity contribution < 1.29 is 15.0 Å². The molecular weight excluding hydrogens is 354 g/mol. The first-order valence-corrected chi connectivity index (χ1v) is 9.79. The van der Waals surface area contributed by atoms with Crippen LogP contribution in [0.2, 0.25) is 0 Å². The van der Waals surface area contributed by atoms with Gasteiger partial charge in [-0.05, 0) is 42.3 Å². The van der Waals surface area contributed by atoms with E-state index in [1.807, 2.05) is 0 Å². The molecule has 2 aromatic carbocycles. The van der Waals surface area contributed by atoms with Crippen molar-refractivity contribution >= 4 is 11.6 Å². The zero-order valence-electron chi connectivity index (χ0n) is 16.3. The molecule has 1 fully saturated rings. The van der Waals surface area contributed by atoms with Crippen LogP contribution in [0, 0.1) is 6.92 Å². The van der Waals surface area contributed by atoms with Gasteiger partial charge in [0.2, 0.25) is 5.91 Å². The number of hydrogen-bond acceptors (Lipinski definition) is 5. The summed E-state index contributed by atoms with van der Waals surface area (Å²) in [4.78, 5) is 16.8. The number of phenolic OH excluding ortho intramolecular Hbond substituents is 1. The van der Waals surface area contributed by atoms with Crippen LogP contribution in [0.25, 0.3) is 0 Å². The minimum atomic E-state index is -0.776. The number of aliphatic hydroxyl groups is 1. The highest BCUT2D eigenvalue weighted by Crippen LogP contribution is 2.18. The van der Waals surface area contributed by atoms with E-state index in [0.717, 1.165) is 32.7 Å². The van der Waals surface area contributed by atoms with Crippen molar-refractivity contribution in [3.8, 4) is 5.75 Å². The van der Waals surface area contributed by atoms with Crippen LogP contribution < -0.4 is 10.2 Å². The third kappa shape index (κ3) is 5.71. The maximum atomic E-state index is 12.1. The standard InChI is InChI=1S/C22H29N3O3/c1-17-3-2-4-19(15-17)25-13-11-24(12-14-25)10-9-22(28)23-16-21(27)18-5-7-20(26)8-6-18/h2-8,15,21,26-27H,9-14,16H2,1H3,(H,23,28)/t21-/m0/s1. The Kier molecular flexibility index (Phi) is 6.90. The van der Waals surface area contributed by atoms with Crippen LogP contribution in [0.3, 0.4) is 0 Å². The molecule has 0 aliphatic carbocycles. The second kappa shape index (κ2) is 9.57. The van der Waals surface area contributed by atoms with Gasteiger partial charge in [-0.1, -0.05) is 24.3 Å². The molecule has 1 saturated heterocycles. The Morgan fingerprint density at radius 3 is 2.50 bits per heavy atom. The second-order valence-corrected chi connectivity index (χ2v) is 7.33. The van der Waals surface area contributed by atoms with E-state index in [4.69, 9.17) is 0 Å². The maximum absolute atomic E-state index is 12.1. The number of carbonyl (C=O) groups excluding carboxylic acids is 1. The van der Waals surface area contributed by atoms with E-state index in [9.17, 15) is 15.0 Å². The highest BCUT2D eigenvalue weighted by molar-refractivity contribution is 5.76. The van der Waals surface area contributed by atoms with Gasteiger partial charge in [0, 0.05) is 51.4 Å². The summed E-state index contributed by atoms with van der Waals surface area (Å²) in [5.74, 6) is 0.0985. The van der Waals surface area contributed by atoms with Crippen molar-refractivity contribution in [2.24, 2.45) is 0 Å². The van der Waals surface area contributed by atoms with Crippen molar-refractivity contribution in [3.05, 3.63) is 59.7 Å². The highest BCUT2D eigenvalue weighted by Gasteiger charge is 2.18. The van der Waals surface area contributed by atoms with Crippen molar-refractivity contribution in [2.45, 2.75) is 19.4 Å². The summed E-state index contributed by atoms with van der Waals surface area (Å²) in [6.07, 6.45) is -0.352. The monoisotopic (exact) mass is 383 g/mol. The first-order valence-electron chi connectivity index (χ1n) is 9.79. The van der Waals surface area contributed by atoms with Crippen molar-refractivity contribution in [2.75, 3.05) is 44.2 Å².